The predicted molar refractivity (Wildman–Crippen MR) is 116 cm³/mol. The highest BCUT2D eigenvalue weighted by atomic mass is 16.5. The van der Waals surface area contributed by atoms with E-state index in [0.29, 0.717) is 6.61 Å². The number of hydrogen-bond acceptors (Lipinski definition) is 4. The number of amides is 1. The largest absolute Gasteiger partial charge is 0.394 e. The van der Waals surface area contributed by atoms with Crippen LogP contribution in [0.2, 0.25) is 0 Å². The van der Waals surface area contributed by atoms with Gasteiger partial charge in [-0.1, -0.05) is 103 Å². The summed E-state index contributed by atoms with van der Waals surface area (Å²) < 4.78 is 10.5. The molecule has 0 aliphatic heterocycles. The number of unbranched alkanes of at least 4 members (excludes halogenated alkanes) is 15. The Bertz CT molecular complexity index is 335. The summed E-state index contributed by atoms with van der Waals surface area (Å²) in [5, 5.41) is 9.18. The van der Waals surface area contributed by atoms with Crippen LogP contribution in [0.1, 0.15) is 110 Å². The zero-order valence-electron chi connectivity index (χ0n) is 18.6. The van der Waals surface area contributed by atoms with Crippen molar-refractivity contribution >= 4 is 5.91 Å². The van der Waals surface area contributed by atoms with E-state index >= 15 is 0 Å². The van der Waals surface area contributed by atoms with Crippen molar-refractivity contribution in [2.45, 2.75) is 122 Å². The van der Waals surface area contributed by atoms with Gasteiger partial charge in [0.2, 0.25) is 5.91 Å². The van der Waals surface area contributed by atoms with Crippen LogP contribution in [0.4, 0.5) is 0 Å². The molecule has 168 valence electrons. The number of ether oxygens (including phenoxy) is 2. The minimum Gasteiger partial charge on any atom is -0.394 e. The number of carbonyl (C=O) groups is 1. The van der Waals surface area contributed by atoms with Crippen LogP contribution in [0.3, 0.4) is 0 Å². The van der Waals surface area contributed by atoms with Gasteiger partial charge >= 0.3 is 0 Å². The molecule has 0 spiro atoms. The second-order valence-corrected chi connectivity index (χ2v) is 7.95. The monoisotopic (exact) mass is 401 g/mol. The number of methoxy groups -OCH3 is 1. The lowest BCUT2D eigenvalue weighted by Crippen LogP contribution is -2.44. The van der Waals surface area contributed by atoms with Crippen LogP contribution in [0.5, 0.6) is 0 Å². The Morgan fingerprint density at radius 3 is 1.50 bits per heavy atom. The van der Waals surface area contributed by atoms with Gasteiger partial charge in [0, 0.05) is 13.7 Å². The molecule has 5 nitrogen and oxygen atoms in total. The van der Waals surface area contributed by atoms with Gasteiger partial charge < -0.3 is 20.3 Å². The molecule has 3 N–H and O–H groups in total. The second kappa shape index (κ2) is 21.1. The molecule has 1 amide bonds. The summed E-state index contributed by atoms with van der Waals surface area (Å²) in [6, 6.07) is 0. The Hall–Kier alpha value is -0.650. The van der Waals surface area contributed by atoms with Crippen LogP contribution in [0, 0.1) is 0 Å². The van der Waals surface area contributed by atoms with Gasteiger partial charge in [0.1, 0.15) is 6.10 Å². The third kappa shape index (κ3) is 16.3. The van der Waals surface area contributed by atoms with E-state index in [1.54, 1.807) is 0 Å². The van der Waals surface area contributed by atoms with Gasteiger partial charge in [-0.15, -0.1) is 0 Å². The van der Waals surface area contributed by atoms with Crippen molar-refractivity contribution < 1.29 is 19.4 Å². The Balaban J connectivity index is 3.34. The molecule has 0 aromatic rings. The van der Waals surface area contributed by atoms with E-state index in [1.807, 2.05) is 0 Å². The number of primary amides is 1. The molecule has 28 heavy (non-hydrogen) atoms. The summed E-state index contributed by atoms with van der Waals surface area (Å²) >= 11 is 0. The van der Waals surface area contributed by atoms with Gasteiger partial charge in [0.05, 0.1) is 6.61 Å². The number of aliphatic hydroxyl groups excluding tert-OH is 1. The molecule has 0 saturated heterocycles. The summed E-state index contributed by atoms with van der Waals surface area (Å²) in [4.78, 5) is 11.4. The fraction of sp³-hybridized carbons (Fsp3) is 0.957. The Morgan fingerprint density at radius 2 is 1.18 bits per heavy atom. The zero-order valence-corrected chi connectivity index (χ0v) is 18.6. The highest BCUT2D eigenvalue weighted by Crippen LogP contribution is 2.14. The minimum atomic E-state index is -0.869. The maximum Gasteiger partial charge on any atom is 0.249 e. The number of carbonyl (C=O) groups excluding carboxylic acids is 1. The molecule has 2 atom stereocenters. The summed E-state index contributed by atoms with van der Waals surface area (Å²) in [5.41, 5.74) is 5.31. The average Bonchev–Trinajstić information content (AvgIpc) is 2.69. The summed E-state index contributed by atoms with van der Waals surface area (Å²) in [5.74, 6) is -0.586. The second-order valence-electron chi connectivity index (χ2n) is 7.95. The molecule has 5 heteroatoms. The van der Waals surface area contributed by atoms with Gasteiger partial charge in [-0.3, -0.25) is 4.79 Å². The lowest BCUT2D eigenvalue weighted by Gasteiger charge is -2.21. The van der Waals surface area contributed by atoms with E-state index in [0.717, 1.165) is 12.8 Å². The van der Waals surface area contributed by atoms with Gasteiger partial charge in [-0.25, -0.2) is 0 Å². The number of rotatable bonds is 22. The lowest BCUT2D eigenvalue weighted by atomic mass is 10.0. The van der Waals surface area contributed by atoms with Crippen molar-refractivity contribution in [2.24, 2.45) is 5.73 Å². The maximum atomic E-state index is 11.4. The first-order chi connectivity index (χ1) is 13.7. The maximum absolute atomic E-state index is 11.4. The lowest BCUT2D eigenvalue weighted by molar-refractivity contribution is -0.142. The van der Waals surface area contributed by atoms with Crippen molar-refractivity contribution in [2.75, 3.05) is 20.3 Å². The molecule has 0 aliphatic rings. The molecule has 0 aliphatic carbocycles. The van der Waals surface area contributed by atoms with Gasteiger partial charge in [0.25, 0.3) is 0 Å². The van der Waals surface area contributed by atoms with Crippen molar-refractivity contribution in [3.8, 4) is 0 Å². The number of nitrogens with two attached hydrogens (primary N) is 1. The Morgan fingerprint density at radius 1 is 0.786 bits per heavy atom. The topological polar surface area (TPSA) is 81.8 Å². The van der Waals surface area contributed by atoms with Crippen molar-refractivity contribution in [3.63, 3.8) is 0 Å². The minimum absolute atomic E-state index is 0.275. The molecule has 0 fully saturated rings. The molecular formula is C23H47NO4. The fourth-order valence-corrected chi connectivity index (χ4v) is 3.53. The van der Waals surface area contributed by atoms with E-state index in [9.17, 15) is 9.90 Å². The summed E-state index contributed by atoms with van der Waals surface area (Å²) in [6.45, 7) is 2.47. The van der Waals surface area contributed by atoms with Crippen LogP contribution >= 0.6 is 0 Å². The number of aliphatic hydroxyl groups is 1. The molecule has 0 aromatic carbocycles. The molecule has 0 saturated carbocycles. The van der Waals surface area contributed by atoms with Crippen LogP contribution in [-0.2, 0) is 14.3 Å². The van der Waals surface area contributed by atoms with Gasteiger partial charge in [-0.2, -0.15) is 0 Å². The Kier molecular flexibility index (Phi) is 20.6. The van der Waals surface area contributed by atoms with Crippen molar-refractivity contribution in [3.05, 3.63) is 0 Å². The fourth-order valence-electron chi connectivity index (χ4n) is 3.53. The highest BCUT2D eigenvalue weighted by Gasteiger charge is 2.26. The Labute approximate surface area is 173 Å². The first-order valence-corrected chi connectivity index (χ1v) is 11.7. The smallest absolute Gasteiger partial charge is 0.249 e. The SMILES string of the molecule is CCCCCCCCCCCCCCCCCCOC(C(N)=O)C(CO)OC. The van der Waals surface area contributed by atoms with Crippen LogP contribution in [0.15, 0.2) is 0 Å². The van der Waals surface area contributed by atoms with Crippen LogP contribution in [-0.4, -0.2) is 43.5 Å². The molecule has 0 radical (unpaired) electrons. The third-order valence-electron chi connectivity index (χ3n) is 5.40. The standard InChI is InChI=1S/C23H47NO4/c1-3-4-5-6-7-8-9-10-11-12-13-14-15-16-17-18-19-28-22(23(24)26)21(20-25)27-2/h21-22,25H,3-20H2,1-2H3,(H2,24,26). The molecule has 0 aromatic heterocycles. The predicted octanol–water partition coefficient (Wildman–Crippen LogP) is 5.13. The summed E-state index contributed by atoms with van der Waals surface area (Å²) in [6.07, 6.45) is 19.6. The zero-order chi connectivity index (χ0) is 20.9. The summed E-state index contributed by atoms with van der Waals surface area (Å²) in [7, 11) is 1.44. The first kappa shape index (κ1) is 27.4. The van der Waals surface area contributed by atoms with E-state index in [-0.39, 0.29) is 6.61 Å². The van der Waals surface area contributed by atoms with Crippen molar-refractivity contribution in [1.29, 1.82) is 0 Å². The molecule has 0 bridgehead atoms. The quantitative estimate of drug-likeness (QED) is 0.247. The average molecular weight is 402 g/mol. The van der Waals surface area contributed by atoms with Crippen molar-refractivity contribution in [1.82, 2.24) is 0 Å². The first-order valence-electron chi connectivity index (χ1n) is 11.7. The normalized spacial score (nSPS) is 13.5. The van der Waals surface area contributed by atoms with Gasteiger partial charge in [0.15, 0.2) is 6.10 Å². The molecule has 0 rings (SSSR count). The van der Waals surface area contributed by atoms with E-state index in [4.69, 9.17) is 15.2 Å². The van der Waals surface area contributed by atoms with Crippen LogP contribution in [0.25, 0.3) is 0 Å². The van der Waals surface area contributed by atoms with E-state index in [1.165, 1.54) is 97.0 Å². The van der Waals surface area contributed by atoms with E-state index < -0.39 is 18.1 Å². The van der Waals surface area contributed by atoms with Gasteiger partial charge in [-0.05, 0) is 6.42 Å². The molecule has 2 unspecified atom stereocenters. The number of hydrogen-bond donors (Lipinski definition) is 2. The molecular weight excluding hydrogens is 354 g/mol. The van der Waals surface area contributed by atoms with E-state index in [2.05, 4.69) is 6.92 Å². The third-order valence-corrected chi connectivity index (χ3v) is 5.40. The highest BCUT2D eigenvalue weighted by molar-refractivity contribution is 5.79. The van der Waals surface area contributed by atoms with Crippen LogP contribution < -0.4 is 5.73 Å². The molecule has 0 heterocycles.